The molecule has 0 radical (unpaired) electrons. The first-order valence-corrected chi connectivity index (χ1v) is 8.09. The third kappa shape index (κ3) is 2.72. The molecule has 0 saturated carbocycles. The van der Waals surface area contributed by atoms with Gasteiger partial charge in [-0.25, -0.2) is 0 Å². The van der Waals surface area contributed by atoms with Gasteiger partial charge in [0.05, 0.1) is 12.6 Å². The maximum absolute atomic E-state index is 5.90. The smallest absolute Gasteiger partial charge is 0.127 e. The molecule has 0 saturated heterocycles. The maximum Gasteiger partial charge on any atom is 0.127 e. The molecule has 0 aromatic heterocycles. The molecule has 0 spiro atoms. The summed E-state index contributed by atoms with van der Waals surface area (Å²) in [7, 11) is 2.01. The van der Waals surface area contributed by atoms with Gasteiger partial charge >= 0.3 is 0 Å². The lowest BCUT2D eigenvalue weighted by Gasteiger charge is -2.22. The molecule has 110 valence electrons. The molecule has 1 aliphatic rings. The van der Waals surface area contributed by atoms with Crippen molar-refractivity contribution in [3.05, 3.63) is 62.6 Å². The van der Waals surface area contributed by atoms with E-state index in [1.807, 2.05) is 7.05 Å². The number of rotatable bonds is 3. The number of ether oxygens (including phenoxy) is 1. The number of benzene rings is 2. The van der Waals surface area contributed by atoms with Crippen molar-refractivity contribution in [2.24, 2.45) is 0 Å². The van der Waals surface area contributed by atoms with Crippen molar-refractivity contribution in [1.82, 2.24) is 5.32 Å². The minimum absolute atomic E-state index is 0.147. The molecule has 0 fully saturated rings. The monoisotopic (exact) mass is 345 g/mol. The van der Waals surface area contributed by atoms with Crippen molar-refractivity contribution in [2.75, 3.05) is 13.7 Å². The maximum atomic E-state index is 5.90. The second kappa shape index (κ2) is 5.82. The molecule has 1 heterocycles. The molecule has 0 bridgehead atoms. The van der Waals surface area contributed by atoms with E-state index in [4.69, 9.17) is 4.74 Å². The van der Waals surface area contributed by atoms with Crippen LogP contribution in [0.25, 0.3) is 0 Å². The van der Waals surface area contributed by atoms with E-state index >= 15 is 0 Å². The Balaban J connectivity index is 2.15. The van der Waals surface area contributed by atoms with E-state index in [0.717, 1.165) is 23.2 Å². The second-order valence-electron chi connectivity index (χ2n) is 5.66. The first-order valence-electron chi connectivity index (χ1n) is 7.29. The van der Waals surface area contributed by atoms with Crippen LogP contribution < -0.4 is 10.1 Å². The van der Waals surface area contributed by atoms with Gasteiger partial charge in [0, 0.05) is 16.5 Å². The standard InChI is InChI=1S/C18H20BrNO/c1-11-4-5-12(2)15(8-11)17(20-3)16-10-14(19)9-13-6-7-21-18(13)16/h4-5,8-10,17,20H,6-7H2,1-3H3. The highest BCUT2D eigenvalue weighted by atomic mass is 79.9. The Labute approximate surface area is 134 Å². The molecular formula is C18H20BrNO. The Kier molecular flexibility index (Phi) is 4.05. The van der Waals surface area contributed by atoms with E-state index in [1.54, 1.807) is 0 Å². The summed E-state index contributed by atoms with van der Waals surface area (Å²) in [6.07, 6.45) is 0.991. The molecule has 3 heteroatoms. The zero-order valence-corrected chi connectivity index (χ0v) is 14.3. The number of nitrogens with one attached hydrogen (secondary N) is 1. The highest BCUT2D eigenvalue weighted by Crippen LogP contribution is 2.39. The van der Waals surface area contributed by atoms with Gasteiger partial charge < -0.3 is 10.1 Å². The Morgan fingerprint density at radius 3 is 2.71 bits per heavy atom. The topological polar surface area (TPSA) is 21.3 Å². The minimum Gasteiger partial charge on any atom is -0.493 e. The number of aryl methyl sites for hydroxylation is 2. The van der Waals surface area contributed by atoms with Crippen molar-refractivity contribution in [3.8, 4) is 5.75 Å². The van der Waals surface area contributed by atoms with E-state index in [1.165, 1.54) is 27.8 Å². The average molecular weight is 346 g/mol. The summed E-state index contributed by atoms with van der Waals surface area (Å²) >= 11 is 3.64. The first kappa shape index (κ1) is 14.6. The average Bonchev–Trinajstić information content (AvgIpc) is 2.91. The highest BCUT2D eigenvalue weighted by Gasteiger charge is 2.24. The molecule has 1 N–H and O–H groups in total. The van der Waals surface area contributed by atoms with Gasteiger partial charge in [-0.15, -0.1) is 0 Å². The molecule has 2 aromatic carbocycles. The van der Waals surface area contributed by atoms with Crippen LogP contribution >= 0.6 is 15.9 Å². The lowest BCUT2D eigenvalue weighted by Crippen LogP contribution is -2.19. The van der Waals surface area contributed by atoms with Gasteiger partial charge in [-0.1, -0.05) is 39.7 Å². The molecule has 2 aromatic rings. The Hall–Kier alpha value is -1.32. The summed E-state index contributed by atoms with van der Waals surface area (Å²) < 4.78 is 7.02. The zero-order chi connectivity index (χ0) is 15.0. The van der Waals surface area contributed by atoms with Gasteiger partial charge in [0.15, 0.2) is 0 Å². The molecule has 0 amide bonds. The lowest BCUT2D eigenvalue weighted by atomic mass is 9.92. The quantitative estimate of drug-likeness (QED) is 0.894. The second-order valence-corrected chi connectivity index (χ2v) is 6.58. The van der Waals surface area contributed by atoms with Crippen molar-refractivity contribution in [3.63, 3.8) is 0 Å². The normalized spacial score (nSPS) is 14.7. The van der Waals surface area contributed by atoms with Crippen LogP contribution in [-0.2, 0) is 6.42 Å². The van der Waals surface area contributed by atoms with Gasteiger partial charge in [0.25, 0.3) is 0 Å². The summed E-state index contributed by atoms with van der Waals surface area (Å²) in [6.45, 7) is 5.08. The fraction of sp³-hybridized carbons (Fsp3) is 0.333. The Bertz CT molecular complexity index is 681. The third-order valence-corrected chi connectivity index (χ3v) is 4.58. The molecule has 1 aliphatic heterocycles. The highest BCUT2D eigenvalue weighted by molar-refractivity contribution is 9.10. The van der Waals surface area contributed by atoms with Gasteiger partial charge in [-0.05, 0) is 49.7 Å². The number of fused-ring (bicyclic) bond motifs is 1. The van der Waals surface area contributed by atoms with E-state index < -0.39 is 0 Å². The van der Waals surface area contributed by atoms with Crippen LogP contribution in [0.1, 0.15) is 33.9 Å². The van der Waals surface area contributed by atoms with Gasteiger partial charge in [-0.3, -0.25) is 0 Å². The number of hydrogen-bond donors (Lipinski definition) is 1. The largest absolute Gasteiger partial charge is 0.493 e. The van der Waals surface area contributed by atoms with Crippen LogP contribution in [0.4, 0.5) is 0 Å². The Morgan fingerprint density at radius 2 is 1.95 bits per heavy atom. The zero-order valence-electron chi connectivity index (χ0n) is 12.7. The van der Waals surface area contributed by atoms with Gasteiger partial charge in [0.1, 0.15) is 5.75 Å². The summed E-state index contributed by atoms with van der Waals surface area (Å²) in [5.74, 6) is 1.05. The van der Waals surface area contributed by atoms with E-state index in [2.05, 4.69) is 65.4 Å². The van der Waals surface area contributed by atoms with Crippen LogP contribution in [-0.4, -0.2) is 13.7 Å². The minimum atomic E-state index is 0.147. The van der Waals surface area contributed by atoms with Crippen molar-refractivity contribution in [2.45, 2.75) is 26.3 Å². The molecule has 1 atom stereocenters. The fourth-order valence-corrected chi connectivity index (χ4v) is 3.58. The van der Waals surface area contributed by atoms with Crippen LogP contribution in [0, 0.1) is 13.8 Å². The van der Waals surface area contributed by atoms with Gasteiger partial charge in [-0.2, -0.15) is 0 Å². The SMILES string of the molecule is CNC(c1cc(C)ccc1C)c1cc(Br)cc2c1OCC2. The van der Waals surface area contributed by atoms with E-state index in [0.29, 0.717) is 0 Å². The van der Waals surface area contributed by atoms with Crippen molar-refractivity contribution >= 4 is 15.9 Å². The van der Waals surface area contributed by atoms with Crippen LogP contribution in [0.5, 0.6) is 5.75 Å². The van der Waals surface area contributed by atoms with Gasteiger partial charge in [0.2, 0.25) is 0 Å². The molecule has 1 unspecified atom stereocenters. The molecule has 21 heavy (non-hydrogen) atoms. The van der Waals surface area contributed by atoms with Crippen molar-refractivity contribution < 1.29 is 4.74 Å². The van der Waals surface area contributed by atoms with Crippen LogP contribution in [0.3, 0.4) is 0 Å². The van der Waals surface area contributed by atoms with Crippen LogP contribution in [0.15, 0.2) is 34.8 Å². The Morgan fingerprint density at radius 1 is 1.14 bits per heavy atom. The number of halogens is 1. The molecule has 2 nitrogen and oxygen atoms in total. The fourth-order valence-electron chi connectivity index (χ4n) is 3.06. The number of hydrogen-bond acceptors (Lipinski definition) is 2. The summed E-state index contributed by atoms with van der Waals surface area (Å²) in [5.41, 5.74) is 6.40. The van der Waals surface area contributed by atoms with E-state index in [-0.39, 0.29) is 6.04 Å². The summed E-state index contributed by atoms with van der Waals surface area (Å²) in [5, 5.41) is 3.46. The third-order valence-electron chi connectivity index (χ3n) is 4.12. The first-order chi connectivity index (χ1) is 10.1. The van der Waals surface area contributed by atoms with E-state index in [9.17, 15) is 0 Å². The van der Waals surface area contributed by atoms with Crippen molar-refractivity contribution in [1.29, 1.82) is 0 Å². The predicted molar refractivity (Wildman–Crippen MR) is 90.2 cm³/mol. The van der Waals surface area contributed by atoms with Crippen LogP contribution in [0.2, 0.25) is 0 Å². The molecular weight excluding hydrogens is 326 g/mol. The lowest BCUT2D eigenvalue weighted by molar-refractivity contribution is 0.351. The summed E-state index contributed by atoms with van der Waals surface area (Å²) in [6, 6.07) is 11.1. The molecule has 0 aliphatic carbocycles. The molecule has 3 rings (SSSR count). The predicted octanol–water partition coefficient (Wildman–Crippen LogP) is 4.31. The summed E-state index contributed by atoms with van der Waals surface area (Å²) in [4.78, 5) is 0.